The zero-order valence-corrected chi connectivity index (χ0v) is 17.3. The van der Waals surface area contributed by atoms with Gasteiger partial charge in [-0.15, -0.1) is 0 Å². The van der Waals surface area contributed by atoms with Crippen molar-refractivity contribution in [3.8, 4) is 11.1 Å². The Kier molecular flexibility index (Phi) is 5.77. The number of piperazine rings is 1. The first kappa shape index (κ1) is 21.4. The molecule has 0 bridgehead atoms. The number of rotatable bonds is 2. The molecule has 1 amide bonds. The van der Waals surface area contributed by atoms with Crippen LogP contribution in [0, 0.1) is 0 Å². The molecular weight excluding hydrogens is 377 g/mol. The van der Waals surface area contributed by atoms with Crippen molar-refractivity contribution < 1.29 is 18.0 Å². The van der Waals surface area contributed by atoms with Gasteiger partial charge in [0.05, 0.1) is 5.56 Å². The molecule has 1 aliphatic rings. The number of alkyl halides is 3. The molecule has 0 aliphatic carbocycles. The molecule has 1 heterocycles. The second-order valence-corrected chi connectivity index (χ2v) is 8.68. The molecule has 0 saturated carbocycles. The number of hydrogen-bond acceptors (Lipinski definition) is 2. The van der Waals surface area contributed by atoms with Gasteiger partial charge in [-0.25, -0.2) is 0 Å². The minimum atomic E-state index is -4.45. The molecule has 29 heavy (non-hydrogen) atoms. The van der Waals surface area contributed by atoms with Crippen LogP contribution in [0.1, 0.15) is 42.3 Å². The number of hydrogen-bond donors (Lipinski definition) is 0. The van der Waals surface area contributed by atoms with Gasteiger partial charge in [-0.2, -0.15) is 13.2 Å². The molecule has 1 saturated heterocycles. The van der Waals surface area contributed by atoms with Crippen molar-refractivity contribution in [1.82, 2.24) is 9.80 Å². The number of carbonyl (C=O) groups excluding carboxylic acids is 1. The van der Waals surface area contributed by atoms with Gasteiger partial charge in [-0.3, -0.25) is 4.79 Å². The van der Waals surface area contributed by atoms with Crippen LogP contribution >= 0.6 is 0 Å². The van der Waals surface area contributed by atoms with E-state index in [0.717, 1.165) is 13.1 Å². The molecule has 3 rings (SSSR count). The van der Waals surface area contributed by atoms with E-state index in [4.69, 9.17) is 0 Å². The summed E-state index contributed by atoms with van der Waals surface area (Å²) in [6, 6.07) is 10.9. The quantitative estimate of drug-likeness (QED) is 0.699. The lowest BCUT2D eigenvalue weighted by Gasteiger charge is -2.32. The Hall–Kier alpha value is -2.34. The fraction of sp³-hybridized carbons (Fsp3) is 0.435. The van der Waals surface area contributed by atoms with E-state index in [0.29, 0.717) is 29.8 Å². The van der Waals surface area contributed by atoms with Crippen molar-refractivity contribution in [2.24, 2.45) is 0 Å². The van der Waals surface area contributed by atoms with Crippen LogP contribution in [0.15, 0.2) is 42.5 Å². The van der Waals surface area contributed by atoms with E-state index in [1.54, 1.807) is 35.2 Å². The molecule has 0 N–H and O–H groups in total. The van der Waals surface area contributed by atoms with Crippen LogP contribution in [0.2, 0.25) is 0 Å². The van der Waals surface area contributed by atoms with E-state index < -0.39 is 11.7 Å². The van der Waals surface area contributed by atoms with Gasteiger partial charge in [0.2, 0.25) is 0 Å². The highest BCUT2D eigenvalue weighted by molar-refractivity contribution is 5.94. The number of likely N-dealkylation sites (N-methyl/N-ethyl adjacent to an activating group) is 1. The SMILES string of the molecule is CN1CCN(C(=O)c2ccc(-c3ccc(C(C)(C)C)cc3C(F)(F)F)cc2)CC1. The summed E-state index contributed by atoms with van der Waals surface area (Å²) >= 11 is 0. The zero-order valence-electron chi connectivity index (χ0n) is 17.3. The van der Waals surface area contributed by atoms with Gasteiger partial charge in [-0.1, -0.05) is 45.0 Å². The lowest BCUT2D eigenvalue weighted by atomic mass is 9.84. The van der Waals surface area contributed by atoms with Crippen molar-refractivity contribution in [3.05, 3.63) is 59.2 Å². The average molecular weight is 404 g/mol. The third-order valence-electron chi connectivity index (χ3n) is 5.42. The molecular formula is C23H27F3N2O. The smallest absolute Gasteiger partial charge is 0.336 e. The van der Waals surface area contributed by atoms with Crippen LogP contribution < -0.4 is 0 Å². The standard InChI is InChI=1S/C23H27F3N2O/c1-22(2,3)18-9-10-19(20(15-18)23(24,25)26)16-5-7-17(8-6-16)21(29)28-13-11-27(4)12-14-28/h5-10,15H,11-14H2,1-4H3. The summed E-state index contributed by atoms with van der Waals surface area (Å²) in [6.45, 7) is 8.62. The fourth-order valence-corrected chi connectivity index (χ4v) is 3.48. The Morgan fingerprint density at radius 3 is 2.00 bits per heavy atom. The predicted octanol–water partition coefficient (Wildman–Crippen LogP) is 5.06. The lowest BCUT2D eigenvalue weighted by molar-refractivity contribution is -0.137. The highest BCUT2D eigenvalue weighted by Crippen LogP contribution is 2.39. The van der Waals surface area contributed by atoms with Gasteiger partial charge >= 0.3 is 6.18 Å². The largest absolute Gasteiger partial charge is 0.417 e. The van der Waals surface area contributed by atoms with Crippen LogP contribution in [0.4, 0.5) is 13.2 Å². The predicted molar refractivity (Wildman–Crippen MR) is 109 cm³/mol. The first-order valence-electron chi connectivity index (χ1n) is 9.77. The zero-order chi connectivity index (χ0) is 21.4. The Morgan fingerprint density at radius 2 is 1.48 bits per heavy atom. The molecule has 0 radical (unpaired) electrons. The Morgan fingerprint density at radius 1 is 0.897 bits per heavy atom. The van der Waals surface area contributed by atoms with Gasteiger partial charge in [0.1, 0.15) is 0 Å². The van der Waals surface area contributed by atoms with E-state index in [-0.39, 0.29) is 16.9 Å². The minimum Gasteiger partial charge on any atom is -0.336 e. The van der Waals surface area contributed by atoms with E-state index in [2.05, 4.69) is 4.90 Å². The number of benzene rings is 2. The Labute approximate surface area is 170 Å². The maximum atomic E-state index is 13.7. The summed E-state index contributed by atoms with van der Waals surface area (Å²) in [5, 5.41) is 0. The summed E-state index contributed by atoms with van der Waals surface area (Å²) in [4.78, 5) is 16.6. The molecule has 6 heteroatoms. The monoisotopic (exact) mass is 404 g/mol. The summed E-state index contributed by atoms with van der Waals surface area (Å²) in [7, 11) is 2.01. The van der Waals surface area contributed by atoms with Crippen molar-refractivity contribution in [3.63, 3.8) is 0 Å². The van der Waals surface area contributed by atoms with Crippen molar-refractivity contribution in [2.45, 2.75) is 32.4 Å². The van der Waals surface area contributed by atoms with Gasteiger partial charge in [-0.05, 0) is 47.4 Å². The maximum Gasteiger partial charge on any atom is 0.417 e. The van der Waals surface area contributed by atoms with Crippen LogP contribution in [0.3, 0.4) is 0 Å². The summed E-state index contributed by atoms with van der Waals surface area (Å²) in [5.74, 6) is -0.0798. The van der Waals surface area contributed by atoms with Gasteiger partial charge in [0.15, 0.2) is 0 Å². The number of halogens is 3. The Bertz CT molecular complexity index is 874. The number of amides is 1. The van der Waals surface area contributed by atoms with Gasteiger partial charge in [0.25, 0.3) is 5.91 Å². The van der Waals surface area contributed by atoms with Crippen LogP contribution in [0.25, 0.3) is 11.1 Å². The first-order chi connectivity index (χ1) is 13.5. The third-order valence-corrected chi connectivity index (χ3v) is 5.42. The Balaban J connectivity index is 1.90. The normalized spacial score (nSPS) is 16.2. The molecule has 0 atom stereocenters. The van der Waals surface area contributed by atoms with Crippen molar-refractivity contribution in [1.29, 1.82) is 0 Å². The molecule has 156 valence electrons. The van der Waals surface area contributed by atoms with Gasteiger partial charge in [0, 0.05) is 31.7 Å². The van der Waals surface area contributed by atoms with Crippen LogP contribution in [-0.2, 0) is 11.6 Å². The van der Waals surface area contributed by atoms with E-state index in [1.165, 1.54) is 12.1 Å². The van der Waals surface area contributed by atoms with Crippen LogP contribution in [0.5, 0.6) is 0 Å². The highest BCUT2D eigenvalue weighted by atomic mass is 19.4. The first-order valence-corrected chi connectivity index (χ1v) is 9.77. The molecule has 2 aromatic carbocycles. The topological polar surface area (TPSA) is 23.6 Å². The number of carbonyl (C=O) groups is 1. The molecule has 1 fully saturated rings. The highest BCUT2D eigenvalue weighted by Gasteiger charge is 2.35. The average Bonchev–Trinajstić information content (AvgIpc) is 2.66. The fourth-order valence-electron chi connectivity index (χ4n) is 3.48. The maximum absolute atomic E-state index is 13.7. The minimum absolute atomic E-state index is 0.0798. The van der Waals surface area contributed by atoms with E-state index in [1.807, 2.05) is 27.8 Å². The van der Waals surface area contributed by atoms with E-state index in [9.17, 15) is 18.0 Å². The van der Waals surface area contributed by atoms with Crippen molar-refractivity contribution >= 4 is 5.91 Å². The molecule has 2 aromatic rings. The molecule has 0 spiro atoms. The molecule has 0 aromatic heterocycles. The third kappa shape index (κ3) is 4.81. The van der Waals surface area contributed by atoms with Gasteiger partial charge < -0.3 is 9.80 Å². The second kappa shape index (κ2) is 7.82. The summed E-state index contributed by atoms with van der Waals surface area (Å²) in [6.07, 6.45) is -4.45. The lowest BCUT2D eigenvalue weighted by Crippen LogP contribution is -2.47. The van der Waals surface area contributed by atoms with E-state index >= 15 is 0 Å². The summed E-state index contributed by atoms with van der Waals surface area (Å²) in [5.41, 5.74) is 0.686. The molecule has 3 nitrogen and oxygen atoms in total. The van der Waals surface area contributed by atoms with Crippen LogP contribution in [-0.4, -0.2) is 48.9 Å². The number of nitrogens with zero attached hydrogens (tertiary/aromatic N) is 2. The van der Waals surface area contributed by atoms with Crippen molar-refractivity contribution in [2.75, 3.05) is 33.2 Å². The molecule has 0 unspecified atom stereocenters. The molecule has 1 aliphatic heterocycles. The summed E-state index contributed by atoms with van der Waals surface area (Å²) < 4.78 is 41.2. The second-order valence-electron chi connectivity index (χ2n) is 8.68.